The maximum atomic E-state index is 12.4. The van der Waals surface area contributed by atoms with E-state index in [1.807, 2.05) is 47.4 Å². The fourth-order valence-corrected chi connectivity index (χ4v) is 3.28. The second-order valence-electron chi connectivity index (χ2n) is 6.29. The van der Waals surface area contributed by atoms with Gasteiger partial charge in [0.25, 0.3) is 0 Å². The molecule has 0 bridgehead atoms. The molecule has 0 spiro atoms. The van der Waals surface area contributed by atoms with E-state index in [1.165, 1.54) is 0 Å². The number of amides is 2. The molecule has 3 rings (SSSR count). The Kier molecular flexibility index (Phi) is 6.23. The summed E-state index contributed by atoms with van der Waals surface area (Å²) < 4.78 is 5.22. The van der Waals surface area contributed by atoms with Crippen molar-refractivity contribution >= 4 is 23.3 Å². The van der Waals surface area contributed by atoms with Crippen LogP contribution in [0.3, 0.4) is 0 Å². The standard InChI is InChI=1S/C20H24ClN3O2/c1-26-19-7-2-4-16(14-19)8-9-22-20(25)24-12-10-23(11-13-24)18-6-3-5-17(21)15-18/h2-7,14-15H,8-13H2,1H3,(H,22,25). The van der Waals surface area contributed by atoms with E-state index in [2.05, 4.69) is 16.3 Å². The summed E-state index contributed by atoms with van der Waals surface area (Å²) in [6.07, 6.45) is 0.783. The van der Waals surface area contributed by atoms with Gasteiger partial charge in [0.05, 0.1) is 7.11 Å². The van der Waals surface area contributed by atoms with Gasteiger partial charge < -0.3 is 19.9 Å². The Morgan fingerprint density at radius 3 is 2.62 bits per heavy atom. The third kappa shape index (κ3) is 4.82. The van der Waals surface area contributed by atoms with Gasteiger partial charge in [0, 0.05) is 43.4 Å². The Hall–Kier alpha value is -2.40. The van der Waals surface area contributed by atoms with Crippen molar-refractivity contribution in [1.82, 2.24) is 10.2 Å². The highest BCUT2D eigenvalue weighted by Gasteiger charge is 2.21. The zero-order chi connectivity index (χ0) is 18.4. The first-order valence-corrected chi connectivity index (χ1v) is 9.20. The van der Waals surface area contributed by atoms with E-state index in [0.29, 0.717) is 19.6 Å². The lowest BCUT2D eigenvalue weighted by atomic mass is 10.1. The lowest BCUT2D eigenvalue weighted by Gasteiger charge is -2.36. The number of carbonyl (C=O) groups excluding carboxylic acids is 1. The molecule has 0 aromatic heterocycles. The van der Waals surface area contributed by atoms with Gasteiger partial charge in [-0.05, 0) is 42.3 Å². The molecule has 5 nitrogen and oxygen atoms in total. The number of urea groups is 1. The second kappa shape index (κ2) is 8.81. The van der Waals surface area contributed by atoms with Crippen molar-refractivity contribution in [2.75, 3.05) is 44.7 Å². The largest absolute Gasteiger partial charge is 0.497 e. The van der Waals surface area contributed by atoms with E-state index in [4.69, 9.17) is 16.3 Å². The molecule has 0 radical (unpaired) electrons. The van der Waals surface area contributed by atoms with Gasteiger partial charge in [0.1, 0.15) is 5.75 Å². The molecule has 6 heteroatoms. The molecule has 2 amide bonds. The van der Waals surface area contributed by atoms with Crippen molar-refractivity contribution in [3.63, 3.8) is 0 Å². The summed E-state index contributed by atoms with van der Waals surface area (Å²) in [6.45, 7) is 3.64. The van der Waals surface area contributed by atoms with Crippen LogP contribution in [0.2, 0.25) is 5.02 Å². The normalized spacial score (nSPS) is 14.2. The molecule has 26 heavy (non-hydrogen) atoms. The zero-order valence-electron chi connectivity index (χ0n) is 15.0. The molecule has 1 aliphatic rings. The molecule has 2 aromatic rings. The Morgan fingerprint density at radius 1 is 1.12 bits per heavy atom. The van der Waals surface area contributed by atoms with Crippen molar-refractivity contribution in [2.45, 2.75) is 6.42 Å². The van der Waals surface area contributed by atoms with E-state index in [-0.39, 0.29) is 6.03 Å². The number of nitrogens with zero attached hydrogens (tertiary/aromatic N) is 2. The van der Waals surface area contributed by atoms with Crippen molar-refractivity contribution in [3.8, 4) is 5.75 Å². The predicted octanol–water partition coefficient (Wildman–Crippen LogP) is 3.42. The minimum atomic E-state index is -0.00126. The van der Waals surface area contributed by atoms with Crippen molar-refractivity contribution < 1.29 is 9.53 Å². The van der Waals surface area contributed by atoms with E-state index in [1.54, 1.807) is 7.11 Å². The van der Waals surface area contributed by atoms with Gasteiger partial charge in [-0.2, -0.15) is 0 Å². The highest BCUT2D eigenvalue weighted by atomic mass is 35.5. The summed E-state index contributed by atoms with van der Waals surface area (Å²) in [5.74, 6) is 0.839. The van der Waals surface area contributed by atoms with E-state index < -0.39 is 0 Å². The predicted molar refractivity (Wildman–Crippen MR) is 105 cm³/mol. The molecule has 1 fully saturated rings. The second-order valence-corrected chi connectivity index (χ2v) is 6.72. The van der Waals surface area contributed by atoms with Gasteiger partial charge in [0.15, 0.2) is 0 Å². The highest BCUT2D eigenvalue weighted by molar-refractivity contribution is 6.30. The molecule has 0 aliphatic carbocycles. The van der Waals surface area contributed by atoms with Gasteiger partial charge in [-0.15, -0.1) is 0 Å². The number of hydrogen-bond acceptors (Lipinski definition) is 3. The minimum Gasteiger partial charge on any atom is -0.497 e. The van der Waals surface area contributed by atoms with Gasteiger partial charge in [-0.25, -0.2) is 4.79 Å². The SMILES string of the molecule is COc1cccc(CCNC(=O)N2CCN(c3cccc(Cl)c3)CC2)c1. The van der Waals surface area contributed by atoms with Crippen LogP contribution in [-0.2, 0) is 6.42 Å². The molecule has 0 atom stereocenters. The van der Waals surface area contributed by atoms with E-state index in [9.17, 15) is 4.79 Å². The first-order valence-electron chi connectivity index (χ1n) is 8.82. The number of methoxy groups -OCH3 is 1. The molecular formula is C20H24ClN3O2. The fraction of sp³-hybridized carbons (Fsp3) is 0.350. The van der Waals surface area contributed by atoms with E-state index >= 15 is 0 Å². The van der Waals surface area contributed by atoms with Crippen LogP contribution in [0.15, 0.2) is 48.5 Å². The maximum Gasteiger partial charge on any atom is 0.317 e. The molecule has 2 aromatic carbocycles. The summed E-state index contributed by atoms with van der Waals surface area (Å²) >= 11 is 6.06. The Balaban J connectivity index is 1.43. The van der Waals surface area contributed by atoms with Crippen LogP contribution in [0.4, 0.5) is 10.5 Å². The molecule has 1 aliphatic heterocycles. The van der Waals surface area contributed by atoms with Crippen molar-refractivity contribution in [2.24, 2.45) is 0 Å². The van der Waals surface area contributed by atoms with Crippen LogP contribution in [0.25, 0.3) is 0 Å². The van der Waals surface area contributed by atoms with Gasteiger partial charge in [-0.3, -0.25) is 0 Å². The Morgan fingerprint density at radius 2 is 1.88 bits per heavy atom. The number of halogens is 1. The summed E-state index contributed by atoms with van der Waals surface area (Å²) in [7, 11) is 1.66. The first kappa shape index (κ1) is 18.4. The number of anilines is 1. The summed E-state index contributed by atoms with van der Waals surface area (Å²) in [5.41, 5.74) is 2.26. The van der Waals surface area contributed by atoms with Crippen LogP contribution >= 0.6 is 11.6 Å². The maximum absolute atomic E-state index is 12.4. The average molecular weight is 374 g/mol. The summed E-state index contributed by atoms with van der Waals surface area (Å²) in [4.78, 5) is 16.5. The number of piperazine rings is 1. The molecule has 138 valence electrons. The smallest absolute Gasteiger partial charge is 0.317 e. The number of ether oxygens (including phenoxy) is 1. The van der Waals surface area contributed by atoms with Crippen LogP contribution in [0.1, 0.15) is 5.56 Å². The van der Waals surface area contributed by atoms with E-state index in [0.717, 1.165) is 41.5 Å². The third-order valence-electron chi connectivity index (χ3n) is 4.56. The summed E-state index contributed by atoms with van der Waals surface area (Å²) in [5, 5.41) is 3.74. The average Bonchev–Trinajstić information content (AvgIpc) is 2.68. The minimum absolute atomic E-state index is 0.00126. The topological polar surface area (TPSA) is 44.8 Å². The lowest BCUT2D eigenvalue weighted by Crippen LogP contribution is -2.52. The number of nitrogens with one attached hydrogen (secondary N) is 1. The molecule has 1 N–H and O–H groups in total. The molecule has 1 saturated heterocycles. The van der Waals surface area contributed by atoms with Gasteiger partial charge in [0.2, 0.25) is 0 Å². The quantitative estimate of drug-likeness (QED) is 0.873. The zero-order valence-corrected chi connectivity index (χ0v) is 15.7. The molecular weight excluding hydrogens is 350 g/mol. The van der Waals surface area contributed by atoms with Crippen LogP contribution in [0, 0.1) is 0 Å². The fourth-order valence-electron chi connectivity index (χ4n) is 3.09. The number of hydrogen-bond donors (Lipinski definition) is 1. The first-order chi connectivity index (χ1) is 12.7. The van der Waals surface area contributed by atoms with Gasteiger partial charge >= 0.3 is 6.03 Å². The van der Waals surface area contributed by atoms with Crippen LogP contribution in [0.5, 0.6) is 5.75 Å². The third-order valence-corrected chi connectivity index (χ3v) is 4.80. The van der Waals surface area contributed by atoms with Crippen molar-refractivity contribution in [1.29, 1.82) is 0 Å². The number of benzene rings is 2. The molecule has 1 heterocycles. The Bertz CT molecular complexity index is 745. The lowest BCUT2D eigenvalue weighted by molar-refractivity contribution is 0.194. The molecule has 0 saturated carbocycles. The van der Waals surface area contributed by atoms with Crippen molar-refractivity contribution in [3.05, 3.63) is 59.1 Å². The van der Waals surface area contributed by atoms with Crippen LogP contribution < -0.4 is 15.0 Å². The Labute approximate surface area is 159 Å². The van der Waals surface area contributed by atoms with Crippen LogP contribution in [-0.4, -0.2) is 50.8 Å². The van der Waals surface area contributed by atoms with Gasteiger partial charge in [-0.1, -0.05) is 29.8 Å². The number of carbonyl (C=O) groups is 1. The number of rotatable bonds is 5. The highest BCUT2D eigenvalue weighted by Crippen LogP contribution is 2.20. The summed E-state index contributed by atoms with van der Waals surface area (Å²) in [6, 6.07) is 15.8. The molecule has 0 unspecified atom stereocenters. The monoisotopic (exact) mass is 373 g/mol.